The van der Waals surface area contributed by atoms with Gasteiger partial charge in [-0.2, -0.15) is 43.2 Å². The van der Waals surface area contributed by atoms with Crippen molar-refractivity contribution in [1.29, 1.82) is 0 Å². The Morgan fingerprint density at radius 2 is 1.00 bits per heavy atom. The van der Waals surface area contributed by atoms with E-state index in [1.807, 2.05) is 0 Å². The minimum Gasteiger partial charge on any atom is -0.236 e. The van der Waals surface area contributed by atoms with Crippen LogP contribution in [0.5, 0.6) is 0 Å². The van der Waals surface area contributed by atoms with Gasteiger partial charge in [0.25, 0.3) is 20.2 Å². The molecule has 0 amide bonds. The average Bonchev–Trinajstić information content (AvgIpc) is 2.60. The molecule has 0 saturated carbocycles. The third-order valence-corrected chi connectivity index (χ3v) is 5.78. The van der Waals surface area contributed by atoms with E-state index in [9.17, 15) is 43.2 Å². The van der Waals surface area contributed by atoms with Crippen LogP contribution in [-0.2, 0) is 41.0 Å². The zero-order valence-electron chi connectivity index (χ0n) is 13.9. The summed E-state index contributed by atoms with van der Waals surface area (Å²) < 4.78 is 132. The van der Waals surface area contributed by atoms with Crippen LogP contribution in [0.1, 0.15) is 11.1 Å². The van der Waals surface area contributed by atoms with E-state index in [-0.39, 0.29) is 12.1 Å². The molecule has 2 aromatic rings. The molecule has 2 rings (SSSR count). The van der Waals surface area contributed by atoms with Crippen LogP contribution in [0.3, 0.4) is 0 Å². The van der Waals surface area contributed by atoms with Gasteiger partial charge in [-0.25, -0.2) is 8.37 Å². The van der Waals surface area contributed by atoms with Crippen molar-refractivity contribution < 1.29 is 51.5 Å². The Bertz CT molecular complexity index is 1000. The van der Waals surface area contributed by atoms with Gasteiger partial charge in [0.15, 0.2) is 6.79 Å². The molecule has 160 valence electrons. The molecule has 0 atom stereocenters. The molecule has 6 nitrogen and oxygen atoms in total. The van der Waals surface area contributed by atoms with Crippen molar-refractivity contribution in [3.63, 3.8) is 0 Å². The molecule has 0 aliphatic carbocycles. The Hall–Kier alpha value is -2.16. The first-order valence-corrected chi connectivity index (χ1v) is 10.1. The number of halogens is 6. The molecule has 0 radical (unpaired) electrons. The van der Waals surface area contributed by atoms with Gasteiger partial charge >= 0.3 is 12.4 Å². The maximum absolute atomic E-state index is 12.6. The van der Waals surface area contributed by atoms with Crippen LogP contribution in [0.2, 0.25) is 0 Å². The second-order valence-electron chi connectivity index (χ2n) is 5.31. The van der Waals surface area contributed by atoms with Crippen LogP contribution in [0.25, 0.3) is 0 Å². The van der Waals surface area contributed by atoms with Gasteiger partial charge < -0.3 is 0 Å². The van der Waals surface area contributed by atoms with Crippen LogP contribution in [0.15, 0.2) is 58.3 Å². The number of benzene rings is 2. The number of alkyl halides is 6. The summed E-state index contributed by atoms with van der Waals surface area (Å²) in [5.41, 5.74) is -2.58. The van der Waals surface area contributed by atoms with Crippen LogP contribution in [0, 0.1) is 0 Å². The van der Waals surface area contributed by atoms with E-state index < -0.39 is 60.3 Å². The SMILES string of the molecule is O=S(=O)(OCOS(=O)(=O)c1cccc(C(F)(F)F)c1)c1cccc(C(F)(F)F)c1. The number of rotatable bonds is 6. The predicted molar refractivity (Wildman–Crippen MR) is 84.3 cm³/mol. The molecule has 0 saturated heterocycles. The zero-order valence-corrected chi connectivity index (χ0v) is 15.5. The summed E-state index contributed by atoms with van der Waals surface area (Å²) in [6, 6.07) is 4.85. The molecule has 0 aromatic heterocycles. The topological polar surface area (TPSA) is 86.7 Å². The maximum atomic E-state index is 12.6. The molecule has 0 unspecified atom stereocenters. The first-order valence-electron chi connectivity index (χ1n) is 7.26. The lowest BCUT2D eigenvalue weighted by atomic mass is 10.2. The van der Waals surface area contributed by atoms with E-state index in [2.05, 4.69) is 8.37 Å². The van der Waals surface area contributed by atoms with Gasteiger partial charge in [-0.3, -0.25) is 0 Å². The van der Waals surface area contributed by atoms with Crippen molar-refractivity contribution in [3.05, 3.63) is 59.7 Å². The van der Waals surface area contributed by atoms with Crippen molar-refractivity contribution >= 4 is 20.2 Å². The molecule has 0 aliphatic heterocycles. The highest BCUT2D eigenvalue weighted by Crippen LogP contribution is 2.32. The van der Waals surface area contributed by atoms with Crippen LogP contribution >= 0.6 is 0 Å². The Morgan fingerprint density at radius 1 is 0.655 bits per heavy atom. The standard InChI is InChI=1S/C15H10F6O6S2/c16-14(17,18)10-3-1-5-12(7-10)28(22,23)26-9-27-29(24,25)13-6-2-4-11(8-13)15(19,20)21/h1-8H,9H2. The van der Waals surface area contributed by atoms with E-state index in [1.165, 1.54) is 0 Å². The molecule has 0 bridgehead atoms. The van der Waals surface area contributed by atoms with Crippen molar-refractivity contribution in [2.24, 2.45) is 0 Å². The lowest BCUT2D eigenvalue weighted by Gasteiger charge is -2.11. The summed E-state index contributed by atoms with van der Waals surface area (Å²) in [7, 11) is -9.70. The third kappa shape index (κ3) is 5.91. The zero-order chi connectivity index (χ0) is 22.1. The Morgan fingerprint density at radius 3 is 1.31 bits per heavy atom. The normalized spacial score (nSPS) is 13.4. The fourth-order valence-corrected chi connectivity index (χ4v) is 3.65. The quantitative estimate of drug-likeness (QED) is 0.367. The second kappa shape index (κ2) is 7.93. The van der Waals surface area contributed by atoms with Gasteiger partial charge in [0, 0.05) is 0 Å². The van der Waals surface area contributed by atoms with Gasteiger partial charge in [-0.05, 0) is 36.4 Å². The summed E-state index contributed by atoms with van der Waals surface area (Å²) in [6.45, 7) is -1.50. The van der Waals surface area contributed by atoms with Crippen molar-refractivity contribution in [1.82, 2.24) is 0 Å². The smallest absolute Gasteiger partial charge is 0.236 e. The van der Waals surface area contributed by atoms with Crippen molar-refractivity contribution in [2.75, 3.05) is 6.79 Å². The van der Waals surface area contributed by atoms with E-state index in [0.29, 0.717) is 12.1 Å². The monoisotopic (exact) mass is 464 g/mol. The molecule has 0 aliphatic rings. The van der Waals surface area contributed by atoms with Crippen molar-refractivity contribution in [2.45, 2.75) is 22.1 Å². The minimum atomic E-state index is -4.85. The fraction of sp³-hybridized carbons (Fsp3) is 0.200. The van der Waals surface area contributed by atoms with E-state index in [0.717, 1.165) is 24.3 Å². The summed E-state index contributed by atoms with van der Waals surface area (Å²) in [6.07, 6.45) is -9.68. The molecule has 0 fully saturated rings. The highest BCUT2D eigenvalue weighted by Gasteiger charge is 2.33. The molecular formula is C15H10F6O6S2. The Labute approximate surface area is 160 Å². The van der Waals surface area contributed by atoms with Gasteiger partial charge in [0.2, 0.25) is 0 Å². The van der Waals surface area contributed by atoms with E-state index in [1.54, 1.807) is 0 Å². The first-order chi connectivity index (χ1) is 13.1. The summed E-state index contributed by atoms with van der Waals surface area (Å²) >= 11 is 0. The van der Waals surface area contributed by atoms with Gasteiger partial charge in [-0.15, -0.1) is 0 Å². The van der Waals surface area contributed by atoms with Crippen LogP contribution < -0.4 is 0 Å². The minimum absolute atomic E-state index is 0.261. The summed E-state index contributed by atoms with van der Waals surface area (Å²) in [4.78, 5) is -1.85. The predicted octanol–water partition coefficient (Wildman–Crippen LogP) is 3.79. The van der Waals surface area contributed by atoms with Crippen LogP contribution in [-0.4, -0.2) is 23.6 Å². The highest BCUT2D eigenvalue weighted by atomic mass is 32.2. The molecule has 0 spiro atoms. The lowest BCUT2D eigenvalue weighted by molar-refractivity contribution is -0.138. The molecular weight excluding hydrogens is 454 g/mol. The molecule has 29 heavy (non-hydrogen) atoms. The highest BCUT2D eigenvalue weighted by molar-refractivity contribution is 7.87. The molecule has 0 N–H and O–H groups in total. The van der Waals surface area contributed by atoms with Crippen molar-refractivity contribution in [3.8, 4) is 0 Å². The fourth-order valence-electron chi connectivity index (χ4n) is 1.94. The summed E-state index contributed by atoms with van der Waals surface area (Å²) in [5, 5.41) is 0. The maximum Gasteiger partial charge on any atom is 0.416 e. The van der Waals surface area contributed by atoms with Gasteiger partial charge in [-0.1, -0.05) is 12.1 Å². The Kier molecular flexibility index (Phi) is 6.32. The van der Waals surface area contributed by atoms with Gasteiger partial charge in [0.05, 0.1) is 20.9 Å². The third-order valence-electron chi connectivity index (χ3n) is 3.31. The lowest BCUT2D eigenvalue weighted by Crippen LogP contribution is -2.15. The number of hydrogen-bond donors (Lipinski definition) is 0. The van der Waals surface area contributed by atoms with Crippen LogP contribution in [0.4, 0.5) is 26.3 Å². The second-order valence-corrected chi connectivity index (χ2v) is 8.54. The van der Waals surface area contributed by atoms with E-state index in [4.69, 9.17) is 0 Å². The Balaban J connectivity index is 2.14. The van der Waals surface area contributed by atoms with E-state index >= 15 is 0 Å². The number of hydrogen-bond acceptors (Lipinski definition) is 6. The largest absolute Gasteiger partial charge is 0.416 e. The van der Waals surface area contributed by atoms with Gasteiger partial charge in [0.1, 0.15) is 0 Å². The first kappa shape index (κ1) is 23.1. The molecule has 14 heteroatoms. The summed E-state index contributed by atoms with van der Waals surface area (Å²) in [5.74, 6) is 0. The average molecular weight is 464 g/mol. The molecule has 2 aromatic carbocycles. The molecule has 0 heterocycles.